The smallest absolute Gasteiger partial charge is 0.261 e. The minimum atomic E-state index is -0.106. The first-order valence-electron chi connectivity index (χ1n) is 6.68. The summed E-state index contributed by atoms with van der Waals surface area (Å²) in [4.78, 5) is 13.9. The number of halogens is 1. The molecule has 0 radical (unpaired) electrons. The molecule has 0 aliphatic carbocycles. The lowest BCUT2D eigenvalue weighted by Gasteiger charge is -2.17. The van der Waals surface area contributed by atoms with Crippen molar-refractivity contribution < 1.29 is 9.21 Å². The lowest BCUT2D eigenvalue weighted by atomic mass is 10.0. The van der Waals surface area contributed by atoms with Gasteiger partial charge in [-0.2, -0.15) is 0 Å². The minimum absolute atomic E-state index is 0. The topological polar surface area (TPSA) is 59.5 Å². The van der Waals surface area contributed by atoms with Crippen LogP contribution in [0.1, 0.15) is 41.4 Å². The molecule has 0 unspecified atom stereocenters. The molecule has 0 atom stereocenters. The van der Waals surface area contributed by atoms with Gasteiger partial charge in [-0.1, -0.05) is 26.0 Å². The van der Waals surface area contributed by atoms with Crippen molar-refractivity contribution in [3.8, 4) is 0 Å². The largest absolute Gasteiger partial charge is 0.467 e. The number of nitrogens with zero attached hydrogens (tertiary/aromatic N) is 1. The van der Waals surface area contributed by atoms with Crippen molar-refractivity contribution in [2.75, 3.05) is 11.9 Å². The van der Waals surface area contributed by atoms with Crippen LogP contribution in [-0.2, 0) is 6.54 Å². The monoisotopic (exact) mass is 308 g/mol. The van der Waals surface area contributed by atoms with Gasteiger partial charge >= 0.3 is 0 Å². The number of amides is 1. The summed E-state index contributed by atoms with van der Waals surface area (Å²) in [5.74, 6) is 0.980. The highest BCUT2D eigenvalue weighted by atomic mass is 35.5. The van der Waals surface area contributed by atoms with Crippen molar-refractivity contribution in [1.82, 2.24) is 0 Å². The zero-order chi connectivity index (χ0) is 14.7. The molecule has 0 bridgehead atoms. The van der Waals surface area contributed by atoms with Crippen molar-refractivity contribution in [1.29, 1.82) is 0 Å². The van der Waals surface area contributed by atoms with E-state index in [-0.39, 0.29) is 18.3 Å². The van der Waals surface area contributed by atoms with Gasteiger partial charge in [0, 0.05) is 12.7 Å². The second kappa shape index (κ2) is 7.29. The lowest BCUT2D eigenvalue weighted by molar-refractivity contribution is 0.0992. The normalized spacial score (nSPS) is 10.3. The Bertz CT molecular complexity index is 591. The second-order valence-electron chi connectivity index (χ2n) is 5.12. The van der Waals surface area contributed by atoms with Gasteiger partial charge in [0.25, 0.3) is 5.91 Å². The van der Waals surface area contributed by atoms with Crippen molar-refractivity contribution in [3.63, 3.8) is 0 Å². The zero-order valence-corrected chi connectivity index (χ0v) is 13.3. The maximum Gasteiger partial charge on any atom is 0.261 e. The van der Waals surface area contributed by atoms with Gasteiger partial charge in [-0.05, 0) is 29.7 Å². The quantitative estimate of drug-likeness (QED) is 0.939. The van der Waals surface area contributed by atoms with Crippen LogP contribution in [0.15, 0.2) is 41.0 Å². The Hall–Kier alpha value is -1.78. The third-order valence-corrected chi connectivity index (χ3v) is 3.35. The average Bonchev–Trinajstić information content (AvgIpc) is 2.94. The van der Waals surface area contributed by atoms with Crippen LogP contribution in [0.2, 0.25) is 0 Å². The van der Waals surface area contributed by atoms with E-state index in [0.29, 0.717) is 23.8 Å². The summed E-state index contributed by atoms with van der Waals surface area (Å²) >= 11 is 0. The van der Waals surface area contributed by atoms with E-state index in [1.165, 1.54) is 11.8 Å². The van der Waals surface area contributed by atoms with E-state index in [4.69, 9.17) is 10.2 Å². The Balaban J connectivity index is 0.00000220. The molecular weight excluding hydrogens is 288 g/mol. The molecule has 4 nitrogen and oxygen atoms in total. The molecule has 2 N–H and O–H groups in total. The van der Waals surface area contributed by atoms with Crippen LogP contribution in [0.4, 0.5) is 5.69 Å². The predicted octanol–water partition coefficient (Wildman–Crippen LogP) is 3.56. The van der Waals surface area contributed by atoms with Gasteiger partial charge in [-0.15, -0.1) is 12.4 Å². The summed E-state index contributed by atoms with van der Waals surface area (Å²) in [6, 6.07) is 9.69. The van der Waals surface area contributed by atoms with Crippen LogP contribution >= 0.6 is 12.4 Å². The Labute approximate surface area is 131 Å². The average molecular weight is 309 g/mol. The molecule has 0 fully saturated rings. The number of benzene rings is 1. The van der Waals surface area contributed by atoms with E-state index in [1.807, 2.05) is 24.3 Å². The molecule has 0 aliphatic heterocycles. The van der Waals surface area contributed by atoms with E-state index in [2.05, 4.69) is 13.8 Å². The fourth-order valence-corrected chi connectivity index (χ4v) is 1.99. The van der Waals surface area contributed by atoms with Gasteiger partial charge in [0.15, 0.2) is 0 Å². The summed E-state index contributed by atoms with van der Waals surface area (Å²) < 4.78 is 5.20. The Kier molecular flexibility index (Phi) is 6.00. The van der Waals surface area contributed by atoms with Crippen LogP contribution < -0.4 is 10.6 Å². The van der Waals surface area contributed by atoms with E-state index in [0.717, 1.165) is 5.69 Å². The molecule has 21 heavy (non-hydrogen) atoms. The zero-order valence-electron chi connectivity index (χ0n) is 12.5. The van der Waals surface area contributed by atoms with E-state index < -0.39 is 0 Å². The van der Waals surface area contributed by atoms with E-state index in [9.17, 15) is 4.79 Å². The number of furan rings is 1. The Morgan fingerprint density at radius 2 is 1.90 bits per heavy atom. The van der Waals surface area contributed by atoms with Gasteiger partial charge in [0.1, 0.15) is 12.0 Å². The molecule has 0 spiro atoms. The van der Waals surface area contributed by atoms with Crippen molar-refractivity contribution in [2.45, 2.75) is 26.3 Å². The number of anilines is 1. The first-order valence-corrected chi connectivity index (χ1v) is 6.68. The molecule has 1 aromatic heterocycles. The summed E-state index contributed by atoms with van der Waals surface area (Å²) in [7, 11) is 1.75. The van der Waals surface area contributed by atoms with Gasteiger partial charge in [-0.3, -0.25) is 4.79 Å². The van der Waals surface area contributed by atoms with Gasteiger partial charge in [0.2, 0.25) is 0 Å². The number of hydrogen-bond acceptors (Lipinski definition) is 3. The fraction of sp³-hybridized carbons (Fsp3) is 0.312. The summed E-state index contributed by atoms with van der Waals surface area (Å²) in [6.45, 7) is 4.58. The van der Waals surface area contributed by atoms with Gasteiger partial charge < -0.3 is 15.1 Å². The standard InChI is InChI=1S/C16H20N2O2.ClH/c1-11(2)12-4-6-14(7-5-12)18(3)16(19)13-8-15(9-17)20-10-13;/h4-8,10-11H,9,17H2,1-3H3;1H. The van der Waals surface area contributed by atoms with Crippen molar-refractivity contribution in [3.05, 3.63) is 53.5 Å². The van der Waals surface area contributed by atoms with Crippen LogP contribution in [0.3, 0.4) is 0 Å². The summed E-state index contributed by atoms with van der Waals surface area (Å²) in [5, 5.41) is 0. The number of carbonyl (C=O) groups excluding carboxylic acids is 1. The predicted molar refractivity (Wildman–Crippen MR) is 87.1 cm³/mol. The molecule has 1 aromatic carbocycles. The third kappa shape index (κ3) is 3.86. The Morgan fingerprint density at radius 1 is 1.29 bits per heavy atom. The first kappa shape index (κ1) is 17.3. The van der Waals surface area contributed by atoms with Gasteiger partial charge in [0.05, 0.1) is 12.1 Å². The number of hydrogen-bond donors (Lipinski definition) is 1. The van der Waals surface area contributed by atoms with Crippen molar-refractivity contribution >= 4 is 24.0 Å². The molecule has 2 rings (SSSR count). The van der Waals surface area contributed by atoms with Crippen LogP contribution in [0.25, 0.3) is 0 Å². The van der Waals surface area contributed by atoms with Crippen LogP contribution in [-0.4, -0.2) is 13.0 Å². The van der Waals surface area contributed by atoms with Crippen molar-refractivity contribution in [2.24, 2.45) is 5.73 Å². The van der Waals surface area contributed by atoms with Crippen LogP contribution in [0, 0.1) is 0 Å². The molecule has 5 heteroatoms. The molecule has 1 amide bonds. The molecule has 114 valence electrons. The van der Waals surface area contributed by atoms with Gasteiger partial charge in [-0.25, -0.2) is 0 Å². The second-order valence-corrected chi connectivity index (χ2v) is 5.12. The molecule has 0 saturated heterocycles. The minimum Gasteiger partial charge on any atom is -0.467 e. The number of rotatable bonds is 4. The lowest BCUT2D eigenvalue weighted by Crippen LogP contribution is -2.25. The molecular formula is C16H21ClN2O2. The fourth-order valence-electron chi connectivity index (χ4n) is 1.99. The highest BCUT2D eigenvalue weighted by molar-refractivity contribution is 6.05. The number of carbonyl (C=O) groups is 1. The maximum atomic E-state index is 12.3. The van der Waals surface area contributed by atoms with E-state index in [1.54, 1.807) is 18.0 Å². The highest BCUT2D eigenvalue weighted by Crippen LogP contribution is 2.21. The summed E-state index contributed by atoms with van der Waals surface area (Å²) in [6.07, 6.45) is 1.45. The third-order valence-electron chi connectivity index (χ3n) is 3.35. The molecule has 0 aliphatic rings. The number of nitrogens with two attached hydrogens (primary N) is 1. The SMILES string of the molecule is CC(C)c1ccc(N(C)C(=O)c2coc(CN)c2)cc1.Cl. The first-order chi connectivity index (χ1) is 9.52. The maximum absolute atomic E-state index is 12.3. The molecule has 0 saturated carbocycles. The molecule has 1 heterocycles. The Morgan fingerprint density at radius 3 is 2.38 bits per heavy atom. The summed E-state index contributed by atoms with van der Waals surface area (Å²) in [5.41, 5.74) is 8.10. The van der Waals surface area contributed by atoms with E-state index >= 15 is 0 Å². The molecule has 2 aromatic rings. The van der Waals surface area contributed by atoms with Crippen LogP contribution in [0.5, 0.6) is 0 Å². The highest BCUT2D eigenvalue weighted by Gasteiger charge is 2.16.